The number of hydrogen-bond acceptors (Lipinski definition) is 4. The van der Waals surface area contributed by atoms with Gasteiger partial charge in [0.1, 0.15) is 0 Å². The molecule has 0 amide bonds. The van der Waals surface area contributed by atoms with Gasteiger partial charge in [0.2, 0.25) is 0 Å². The number of hydrogen-bond donors (Lipinski definition) is 0. The number of benzene rings is 1. The maximum Gasteiger partial charge on any atom is 0.171 e. The number of carbonyl (C=O) groups excluding carboxylic acids is 1. The molecule has 1 aromatic heterocycles. The van der Waals surface area contributed by atoms with E-state index in [9.17, 15) is 4.79 Å². The van der Waals surface area contributed by atoms with E-state index >= 15 is 0 Å². The van der Waals surface area contributed by atoms with Crippen molar-refractivity contribution in [2.45, 2.75) is 5.03 Å². The number of nitrogens with zero attached hydrogens (tertiary/aromatic N) is 2. The molecule has 2 aliphatic rings. The van der Waals surface area contributed by atoms with Crippen molar-refractivity contribution in [1.29, 1.82) is 0 Å². The Balaban J connectivity index is 1.66. The summed E-state index contributed by atoms with van der Waals surface area (Å²) in [5.74, 6) is 1.30. The van der Waals surface area contributed by atoms with Gasteiger partial charge in [-0.3, -0.25) is 9.69 Å². The number of fused-ring (bicyclic) bond motifs is 3. The Morgan fingerprint density at radius 1 is 1.27 bits per heavy atom. The minimum atomic E-state index is 0.0985. The lowest BCUT2D eigenvalue weighted by molar-refractivity contribution is 0.0314. The molecule has 0 bridgehead atoms. The van der Waals surface area contributed by atoms with Crippen molar-refractivity contribution in [3.05, 3.63) is 29.8 Å². The van der Waals surface area contributed by atoms with Gasteiger partial charge in [-0.05, 0) is 6.07 Å². The molecule has 4 nitrogen and oxygen atoms in total. The highest BCUT2D eigenvalue weighted by molar-refractivity contribution is 7.99. The fourth-order valence-electron chi connectivity index (χ4n) is 3.47. The number of aryl methyl sites for hydroxylation is 1. The molecule has 3 heterocycles. The zero-order valence-corrected chi connectivity index (χ0v) is 13.6. The topological polar surface area (TPSA) is 34.5 Å². The van der Waals surface area contributed by atoms with Crippen LogP contribution in [-0.4, -0.2) is 53.9 Å². The van der Waals surface area contributed by atoms with Crippen LogP contribution in [-0.2, 0) is 11.8 Å². The second-order valence-electron chi connectivity index (χ2n) is 6.04. The molecule has 1 atom stereocenters. The van der Waals surface area contributed by atoms with Gasteiger partial charge < -0.3 is 9.30 Å². The van der Waals surface area contributed by atoms with E-state index in [1.165, 1.54) is 0 Å². The van der Waals surface area contributed by atoms with Crippen molar-refractivity contribution < 1.29 is 9.53 Å². The third kappa shape index (κ3) is 2.28. The van der Waals surface area contributed by atoms with Gasteiger partial charge in [-0.15, -0.1) is 11.8 Å². The van der Waals surface area contributed by atoms with Crippen LogP contribution in [0.15, 0.2) is 29.3 Å². The first-order valence-electron chi connectivity index (χ1n) is 7.80. The van der Waals surface area contributed by atoms with E-state index in [0.717, 1.165) is 60.1 Å². The number of rotatable bonds is 2. The summed E-state index contributed by atoms with van der Waals surface area (Å²) in [5.41, 5.74) is 2.09. The average molecular weight is 316 g/mol. The molecule has 1 fully saturated rings. The van der Waals surface area contributed by atoms with Crippen LogP contribution in [0.1, 0.15) is 10.4 Å². The summed E-state index contributed by atoms with van der Waals surface area (Å²) in [6.45, 7) is 4.31. The SMILES string of the molecule is Cn1c2c(c3ccccc31)C(=O)[C@@H](CN1CCOCC1)CS2. The molecule has 2 aromatic rings. The second-order valence-corrected chi connectivity index (χ2v) is 7.05. The Morgan fingerprint density at radius 2 is 2.05 bits per heavy atom. The highest BCUT2D eigenvalue weighted by Crippen LogP contribution is 2.39. The van der Waals surface area contributed by atoms with E-state index in [1.807, 2.05) is 23.9 Å². The second kappa shape index (κ2) is 5.72. The predicted octanol–water partition coefficient (Wildman–Crippen LogP) is 2.42. The monoisotopic (exact) mass is 316 g/mol. The van der Waals surface area contributed by atoms with E-state index in [-0.39, 0.29) is 5.92 Å². The highest BCUT2D eigenvalue weighted by Gasteiger charge is 2.33. The third-order valence-electron chi connectivity index (χ3n) is 4.67. The van der Waals surface area contributed by atoms with Gasteiger partial charge in [0.15, 0.2) is 5.78 Å². The lowest BCUT2D eigenvalue weighted by Gasteiger charge is -2.31. The smallest absolute Gasteiger partial charge is 0.171 e. The van der Waals surface area contributed by atoms with Crippen LogP contribution in [0.25, 0.3) is 10.9 Å². The van der Waals surface area contributed by atoms with Gasteiger partial charge in [-0.25, -0.2) is 0 Å². The lowest BCUT2D eigenvalue weighted by Crippen LogP contribution is -2.42. The molecule has 0 aliphatic carbocycles. The van der Waals surface area contributed by atoms with Crippen molar-refractivity contribution in [1.82, 2.24) is 9.47 Å². The molecule has 2 aliphatic heterocycles. The first kappa shape index (κ1) is 14.3. The van der Waals surface area contributed by atoms with Gasteiger partial charge in [-0.2, -0.15) is 0 Å². The highest BCUT2D eigenvalue weighted by atomic mass is 32.2. The number of thioether (sulfide) groups is 1. The average Bonchev–Trinajstić information content (AvgIpc) is 2.85. The third-order valence-corrected chi connectivity index (χ3v) is 5.99. The van der Waals surface area contributed by atoms with E-state index in [2.05, 4.69) is 28.6 Å². The largest absolute Gasteiger partial charge is 0.379 e. The van der Waals surface area contributed by atoms with Gasteiger partial charge in [0.25, 0.3) is 0 Å². The van der Waals surface area contributed by atoms with Crippen LogP contribution < -0.4 is 0 Å². The summed E-state index contributed by atoms with van der Waals surface area (Å²) in [7, 11) is 2.06. The maximum absolute atomic E-state index is 13.0. The standard InChI is InChI=1S/C17H20N2O2S/c1-18-14-5-3-2-4-13(14)15-16(20)12(11-22-17(15)18)10-19-6-8-21-9-7-19/h2-5,12H,6-11H2,1H3/t12-/m0/s1. The fourth-order valence-corrected chi connectivity index (χ4v) is 4.73. The Labute approximate surface area is 134 Å². The predicted molar refractivity (Wildman–Crippen MR) is 88.7 cm³/mol. The van der Waals surface area contributed by atoms with Crippen molar-refractivity contribution in [3.63, 3.8) is 0 Å². The number of aromatic nitrogens is 1. The Morgan fingerprint density at radius 3 is 2.86 bits per heavy atom. The molecular weight excluding hydrogens is 296 g/mol. The number of ketones is 1. The number of para-hydroxylation sites is 1. The number of morpholine rings is 1. The molecule has 0 radical (unpaired) electrons. The van der Waals surface area contributed by atoms with Crippen LogP contribution in [0.3, 0.4) is 0 Å². The zero-order valence-electron chi connectivity index (χ0n) is 12.7. The summed E-state index contributed by atoms with van der Waals surface area (Å²) >= 11 is 1.83. The summed E-state index contributed by atoms with van der Waals surface area (Å²) < 4.78 is 7.56. The number of Topliss-reactive ketones (excluding diaryl/α,β-unsaturated/α-hetero) is 1. The first-order valence-corrected chi connectivity index (χ1v) is 8.79. The van der Waals surface area contributed by atoms with Crippen LogP contribution in [0, 0.1) is 5.92 Å². The van der Waals surface area contributed by atoms with E-state index < -0.39 is 0 Å². The summed E-state index contributed by atoms with van der Waals surface area (Å²) in [6.07, 6.45) is 0. The lowest BCUT2D eigenvalue weighted by atomic mass is 9.97. The molecule has 0 N–H and O–H groups in total. The normalized spacial score (nSPS) is 23.0. The fraction of sp³-hybridized carbons (Fsp3) is 0.471. The van der Waals surface area contributed by atoms with E-state index in [0.29, 0.717) is 5.78 Å². The minimum absolute atomic E-state index is 0.0985. The number of carbonyl (C=O) groups is 1. The Hall–Kier alpha value is -1.30. The van der Waals surface area contributed by atoms with Crippen LogP contribution in [0.2, 0.25) is 0 Å². The van der Waals surface area contributed by atoms with Crippen LogP contribution >= 0.6 is 11.8 Å². The molecule has 0 spiro atoms. The maximum atomic E-state index is 13.0. The van der Waals surface area contributed by atoms with Gasteiger partial charge in [-0.1, -0.05) is 18.2 Å². The summed E-state index contributed by atoms with van der Waals surface area (Å²) in [4.78, 5) is 15.4. The summed E-state index contributed by atoms with van der Waals surface area (Å²) in [6, 6.07) is 8.22. The van der Waals surface area contributed by atoms with Gasteiger partial charge in [0.05, 0.1) is 23.8 Å². The molecule has 4 rings (SSSR count). The van der Waals surface area contributed by atoms with Crippen molar-refractivity contribution in [2.75, 3.05) is 38.6 Å². The van der Waals surface area contributed by atoms with Crippen LogP contribution in [0.4, 0.5) is 0 Å². The number of ether oxygens (including phenoxy) is 1. The van der Waals surface area contributed by atoms with Gasteiger partial charge >= 0.3 is 0 Å². The molecule has 1 saturated heterocycles. The van der Waals surface area contributed by atoms with E-state index in [4.69, 9.17) is 4.74 Å². The van der Waals surface area contributed by atoms with Gasteiger partial charge in [0, 0.05) is 49.3 Å². The first-order chi connectivity index (χ1) is 10.8. The molecule has 5 heteroatoms. The molecule has 22 heavy (non-hydrogen) atoms. The molecular formula is C17H20N2O2S. The minimum Gasteiger partial charge on any atom is -0.379 e. The summed E-state index contributed by atoms with van der Waals surface area (Å²) in [5, 5.41) is 2.23. The van der Waals surface area contributed by atoms with Crippen molar-refractivity contribution in [2.24, 2.45) is 13.0 Å². The van der Waals surface area contributed by atoms with Crippen molar-refractivity contribution >= 4 is 28.4 Å². The zero-order chi connectivity index (χ0) is 15.1. The van der Waals surface area contributed by atoms with Crippen LogP contribution in [0.5, 0.6) is 0 Å². The quantitative estimate of drug-likeness (QED) is 0.852. The molecule has 116 valence electrons. The molecule has 0 unspecified atom stereocenters. The molecule has 1 aromatic carbocycles. The molecule has 0 saturated carbocycles. The van der Waals surface area contributed by atoms with E-state index in [1.54, 1.807) is 0 Å². The Bertz CT molecular complexity index is 719. The Kier molecular flexibility index (Phi) is 3.72. The van der Waals surface area contributed by atoms with Crippen molar-refractivity contribution in [3.8, 4) is 0 Å².